The van der Waals surface area contributed by atoms with Gasteiger partial charge in [-0.1, -0.05) is 24.3 Å². The van der Waals surface area contributed by atoms with Crippen molar-refractivity contribution in [2.24, 2.45) is 0 Å². The monoisotopic (exact) mass is 386 g/mol. The summed E-state index contributed by atoms with van der Waals surface area (Å²) in [5.41, 5.74) is 5.79. The number of anilines is 1. The first-order chi connectivity index (χ1) is 14.2. The first-order valence-corrected chi connectivity index (χ1v) is 10.2. The first kappa shape index (κ1) is 19.2. The Balaban J connectivity index is 1.36. The Hall–Kier alpha value is -3.14. The lowest BCUT2D eigenvalue weighted by molar-refractivity contribution is -0.122. The number of carbonyl (C=O) groups is 1. The molecule has 0 fully saturated rings. The molecule has 1 atom stereocenters. The van der Waals surface area contributed by atoms with Gasteiger partial charge in [-0.25, -0.2) is 0 Å². The molecule has 1 amide bonds. The molecule has 2 aromatic carbocycles. The van der Waals surface area contributed by atoms with Crippen molar-refractivity contribution in [2.45, 2.75) is 45.1 Å². The molecule has 0 unspecified atom stereocenters. The minimum Gasteiger partial charge on any atom is -0.481 e. The molecule has 0 spiro atoms. The molecule has 1 N–H and O–H groups in total. The fraction of sp³-hybridized carbons (Fsp3) is 0.280. The average molecular weight is 386 g/mol. The van der Waals surface area contributed by atoms with Gasteiger partial charge in [0.2, 0.25) is 0 Å². The van der Waals surface area contributed by atoms with Gasteiger partial charge in [-0.3, -0.25) is 9.78 Å². The Morgan fingerprint density at radius 3 is 2.52 bits per heavy atom. The molecule has 0 radical (unpaired) electrons. The first-order valence-electron chi connectivity index (χ1n) is 10.2. The van der Waals surface area contributed by atoms with Crippen LogP contribution in [-0.2, 0) is 24.1 Å². The summed E-state index contributed by atoms with van der Waals surface area (Å²) in [7, 11) is 0. The summed E-state index contributed by atoms with van der Waals surface area (Å²) in [6, 6.07) is 18.1. The summed E-state index contributed by atoms with van der Waals surface area (Å²) in [5.74, 6) is 0.706. The molecule has 0 saturated carbocycles. The summed E-state index contributed by atoms with van der Waals surface area (Å²) in [6.45, 7) is 1.80. The van der Waals surface area contributed by atoms with Gasteiger partial charge in [0, 0.05) is 18.1 Å². The highest BCUT2D eigenvalue weighted by Crippen LogP contribution is 2.30. The van der Waals surface area contributed by atoms with E-state index in [1.165, 1.54) is 35.1 Å². The summed E-state index contributed by atoms with van der Waals surface area (Å²) in [5, 5.41) is 2.96. The van der Waals surface area contributed by atoms with Crippen LogP contribution in [0.2, 0.25) is 0 Å². The van der Waals surface area contributed by atoms with E-state index < -0.39 is 6.10 Å². The van der Waals surface area contributed by atoms with Crippen LogP contribution in [0.25, 0.3) is 0 Å². The molecular formula is C25H26N2O2. The number of aryl methyl sites for hydroxylation is 1. The number of hydrogen-bond acceptors (Lipinski definition) is 3. The van der Waals surface area contributed by atoms with Crippen LogP contribution in [0.5, 0.6) is 5.75 Å². The zero-order valence-electron chi connectivity index (χ0n) is 16.7. The molecule has 4 nitrogen and oxygen atoms in total. The molecule has 29 heavy (non-hydrogen) atoms. The van der Waals surface area contributed by atoms with Gasteiger partial charge in [0.1, 0.15) is 5.75 Å². The summed E-state index contributed by atoms with van der Waals surface area (Å²) in [4.78, 5) is 16.7. The summed E-state index contributed by atoms with van der Waals surface area (Å²) in [6.07, 6.45) is 8.42. The average Bonchev–Trinajstić information content (AvgIpc) is 2.76. The van der Waals surface area contributed by atoms with E-state index in [0.717, 1.165) is 30.7 Å². The van der Waals surface area contributed by atoms with Gasteiger partial charge in [0.05, 0.1) is 0 Å². The van der Waals surface area contributed by atoms with Gasteiger partial charge in [-0.05, 0) is 91.6 Å². The van der Waals surface area contributed by atoms with Crippen LogP contribution in [0.15, 0.2) is 67.0 Å². The second-order valence-corrected chi connectivity index (χ2v) is 7.58. The number of nitrogens with zero attached hydrogens (tertiary/aromatic N) is 1. The molecule has 1 aromatic heterocycles. The van der Waals surface area contributed by atoms with Gasteiger partial charge < -0.3 is 10.1 Å². The predicted molar refractivity (Wildman–Crippen MR) is 115 cm³/mol. The zero-order chi connectivity index (χ0) is 20.1. The summed E-state index contributed by atoms with van der Waals surface area (Å²) >= 11 is 0. The Labute approximate surface area is 172 Å². The van der Waals surface area contributed by atoms with E-state index in [1.807, 2.05) is 48.5 Å². The van der Waals surface area contributed by atoms with Crippen molar-refractivity contribution in [3.8, 4) is 5.75 Å². The van der Waals surface area contributed by atoms with E-state index in [4.69, 9.17) is 4.74 Å². The Morgan fingerprint density at radius 2 is 1.72 bits per heavy atom. The van der Waals surface area contributed by atoms with Crippen LogP contribution < -0.4 is 10.1 Å². The third-order valence-corrected chi connectivity index (χ3v) is 5.40. The molecule has 1 aliphatic rings. The number of pyridine rings is 1. The SMILES string of the molecule is C[C@@H](Oc1cccc2c1CCCC2)C(=O)Nc1ccc(Cc2ccncc2)cc1. The maximum absolute atomic E-state index is 12.6. The number of aromatic nitrogens is 1. The van der Waals surface area contributed by atoms with Crippen molar-refractivity contribution < 1.29 is 9.53 Å². The highest BCUT2D eigenvalue weighted by Gasteiger charge is 2.19. The Morgan fingerprint density at radius 1 is 1.00 bits per heavy atom. The number of ether oxygens (including phenoxy) is 1. The number of nitrogens with one attached hydrogen (secondary N) is 1. The molecular weight excluding hydrogens is 360 g/mol. The van der Waals surface area contributed by atoms with Crippen molar-refractivity contribution in [3.63, 3.8) is 0 Å². The quantitative estimate of drug-likeness (QED) is 0.652. The smallest absolute Gasteiger partial charge is 0.265 e. The molecule has 0 bridgehead atoms. The van der Waals surface area contributed by atoms with Gasteiger partial charge in [-0.2, -0.15) is 0 Å². The second-order valence-electron chi connectivity index (χ2n) is 7.58. The Bertz CT molecular complexity index is 968. The molecule has 4 rings (SSSR count). The minimum atomic E-state index is -0.556. The highest BCUT2D eigenvalue weighted by molar-refractivity contribution is 5.94. The van der Waals surface area contributed by atoms with Gasteiger partial charge >= 0.3 is 0 Å². The lowest BCUT2D eigenvalue weighted by atomic mass is 9.91. The van der Waals surface area contributed by atoms with E-state index in [0.29, 0.717) is 0 Å². The number of amides is 1. The molecule has 4 heteroatoms. The Kier molecular flexibility index (Phi) is 5.89. The second kappa shape index (κ2) is 8.91. The molecule has 1 aliphatic carbocycles. The standard InChI is InChI=1S/C25H26N2O2/c1-18(29-24-8-4-6-21-5-2-3-7-23(21)24)25(28)27-22-11-9-19(10-12-22)17-20-13-15-26-16-14-20/h4,6,8-16,18H,2-3,5,7,17H2,1H3,(H,27,28)/t18-/m1/s1. The van der Waals surface area contributed by atoms with E-state index in [-0.39, 0.29) is 5.91 Å². The molecule has 148 valence electrons. The molecule has 0 aliphatic heterocycles. The van der Waals surface area contributed by atoms with E-state index in [1.54, 1.807) is 19.3 Å². The van der Waals surface area contributed by atoms with E-state index in [2.05, 4.69) is 16.4 Å². The van der Waals surface area contributed by atoms with Crippen molar-refractivity contribution in [1.82, 2.24) is 4.98 Å². The predicted octanol–water partition coefficient (Wildman–Crippen LogP) is 4.96. The van der Waals surface area contributed by atoms with Crippen LogP contribution in [0.3, 0.4) is 0 Å². The zero-order valence-corrected chi connectivity index (χ0v) is 16.7. The van der Waals surface area contributed by atoms with Crippen molar-refractivity contribution >= 4 is 11.6 Å². The highest BCUT2D eigenvalue weighted by atomic mass is 16.5. The van der Waals surface area contributed by atoms with Crippen LogP contribution >= 0.6 is 0 Å². The van der Waals surface area contributed by atoms with Crippen molar-refractivity contribution in [1.29, 1.82) is 0 Å². The lowest BCUT2D eigenvalue weighted by Crippen LogP contribution is -2.30. The third kappa shape index (κ3) is 4.83. The maximum Gasteiger partial charge on any atom is 0.265 e. The fourth-order valence-corrected chi connectivity index (χ4v) is 3.79. The van der Waals surface area contributed by atoms with Gasteiger partial charge in [-0.15, -0.1) is 0 Å². The lowest BCUT2D eigenvalue weighted by Gasteiger charge is -2.22. The molecule has 0 saturated heterocycles. The van der Waals surface area contributed by atoms with Gasteiger partial charge in [0.25, 0.3) is 5.91 Å². The van der Waals surface area contributed by atoms with Crippen molar-refractivity contribution in [3.05, 3.63) is 89.2 Å². The number of carbonyl (C=O) groups excluding carboxylic acids is 1. The minimum absolute atomic E-state index is 0.139. The van der Waals surface area contributed by atoms with E-state index >= 15 is 0 Å². The van der Waals surface area contributed by atoms with Crippen LogP contribution in [0.4, 0.5) is 5.69 Å². The topological polar surface area (TPSA) is 51.2 Å². The normalized spacial score (nSPS) is 14.0. The summed E-state index contributed by atoms with van der Waals surface area (Å²) < 4.78 is 6.03. The van der Waals surface area contributed by atoms with Gasteiger partial charge in [0.15, 0.2) is 6.10 Å². The van der Waals surface area contributed by atoms with Crippen molar-refractivity contribution in [2.75, 3.05) is 5.32 Å². The molecule has 3 aromatic rings. The van der Waals surface area contributed by atoms with Crippen LogP contribution in [0.1, 0.15) is 42.0 Å². The third-order valence-electron chi connectivity index (χ3n) is 5.40. The van der Waals surface area contributed by atoms with Crippen LogP contribution in [0, 0.1) is 0 Å². The number of rotatable bonds is 6. The maximum atomic E-state index is 12.6. The number of benzene rings is 2. The van der Waals surface area contributed by atoms with Crippen LogP contribution in [-0.4, -0.2) is 17.0 Å². The number of fused-ring (bicyclic) bond motifs is 1. The fourth-order valence-electron chi connectivity index (χ4n) is 3.79. The van der Waals surface area contributed by atoms with E-state index in [9.17, 15) is 4.79 Å². The largest absolute Gasteiger partial charge is 0.481 e. The number of hydrogen-bond donors (Lipinski definition) is 1. The molecule has 1 heterocycles.